The molecule has 0 aromatic heterocycles. The molecule has 1 unspecified atom stereocenters. The maximum Gasteiger partial charge on any atom is 0.0763 e. The number of aliphatic hydroxyl groups is 1. The summed E-state index contributed by atoms with van der Waals surface area (Å²) in [5, 5.41) is 10.1. The molecule has 0 saturated heterocycles. The van der Waals surface area contributed by atoms with Gasteiger partial charge in [0, 0.05) is 32.1 Å². The summed E-state index contributed by atoms with van der Waals surface area (Å²) in [5.41, 5.74) is 0. The minimum atomic E-state index is -0.286. The Bertz CT molecular complexity index is 133. The van der Waals surface area contributed by atoms with E-state index in [2.05, 4.69) is 34.7 Å². The van der Waals surface area contributed by atoms with Crippen molar-refractivity contribution in [3.63, 3.8) is 0 Å². The number of rotatable bonds is 8. The van der Waals surface area contributed by atoms with E-state index in [0.717, 1.165) is 19.7 Å². The molecule has 3 nitrogen and oxygen atoms in total. The maximum atomic E-state index is 9.51. The van der Waals surface area contributed by atoms with E-state index in [1.165, 1.54) is 0 Å². The Morgan fingerprint density at radius 1 is 1.36 bits per heavy atom. The lowest BCUT2D eigenvalue weighted by molar-refractivity contribution is 0.0936. The third kappa shape index (κ3) is 7.74. The number of ether oxygens (including phenoxy) is 1. The van der Waals surface area contributed by atoms with Crippen molar-refractivity contribution in [3.05, 3.63) is 0 Å². The van der Waals surface area contributed by atoms with E-state index in [0.29, 0.717) is 17.8 Å². The van der Waals surface area contributed by atoms with E-state index in [9.17, 15) is 5.11 Å². The molecule has 0 radical (unpaired) electrons. The Labute approximate surface area is 95.6 Å². The molecule has 0 aliphatic heterocycles. The van der Waals surface area contributed by atoms with Crippen molar-refractivity contribution < 1.29 is 9.84 Å². The fourth-order valence-electron chi connectivity index (χ4n) is 1.34. The molecule has 1 N–H and O–H groups in total. The van der Waals surface area contributed by atoms with Crippen molar-refractivity contribution in [2.45, 2.75) is 20.0 Å². The molecule has 0 spiro atoms. The molecule has 1 atom stereocenters. The molecule has 86 valence electrons. The van der Waals surface area contributed by atoms with Crippen LogP contribution in [0.4, 0.5) is 0 Å². The van der Waals surface area contributed by atoms with E-state index < -0.39 is 0 Å². The molecule has 4 heteroatoms. The van der Waals surface area contributed by atoms with Crippen LogP contribution < -0.4 is 0 Å². The number of halogens is 1. The molecule has 0 aliphatic rings. The zero-order valence-corrected chi connectivity index (χ0v) is 11.0. The van der Waals surface area contributed by atoms with E-state index in [-0.39, 0.29) is 6.10 Å². The van der Waals surface area contributed by atoms with Gasteiger partial charge < -0.3 is 9.84 Å². The lowest BCUT2D eigenvalue weighted by Crippen LogP contribution is -2.37. The minimum Gasteiger partial charge on any atom is -0.391 e. The molecular weight excluding hydrogens is 246 g/mol. The third-order valence-corrected chi connectivity index (χ3v) is 2.63. The SMILES string of the molecule is COCCN(CC(C)C)CC(O)CBr. The second-order valence-corrected chi connectivity index (χ2v) is 4.60. The summed E-state index contributed by atoms with van der Waals surface area (Å²) in [4.78, 5) is 2.24. The first kappa shape index (κ1) is 14.4. The van der Waals surface area contributed by atoms with Crippen molar-refractivity contribution in [1.29, 1.82) is 0 Å². The Hall–Kier alpha value is 0.360. The summed E-state index contributed by atoms with van der Waals surface area (Å²) >= 11 is 3.27. The lowest BCUT2D eigenvalue weighted by Gasteiger charge is -2.25. The highest BCUT2D eigenvalue weighted by atomic mass is 79.9. The first-order valence-electron chi connectivity index (χ1n) is 5.05. The quantitative estimate of drug-likeness (QED) is 0.674. The topological polar surface area (TPSA) is 32.7 Å². The summed E-state index contributed by atoms with van der Waals surface area (Å²) in [5.74, 6) is 0.620. The zero-order chi connectivity index (χ0) is 11.0. The fraction of sp³-hybridized carbons (Fsp3) is 1.00. The van der Waals surface area contributed by atoms with E-state index in [1.54, 1.807) is 7.11 Å². The number of aliphatic hydroxyl groups excluding tert-OH is 1. The highest BCUT2D eigenvalue weighted by Crippen LogP contribution is 2.01. The van der Waals surface area contributed by atoms with Gasteiger partial charge in [-0.2, -0.15) is 0 Å². The van der Waals surface area contributed by atoms with Gasteiger partial charge in [0.2, 0.25) is 0 Å². The van der Waals surface area contributed by atoms with Crippen LogP contribution in [0.1, 0.15) is 13.8 Å². The number of hydrogen-bond acceptors (Lipinski definition) is 3. The van der Waals surface area contributed by atoms with Gasteiger partial charge in [-0.05, 0) is 5.92 Å². The van der Waals surface area contributed by atoms with Crippen LogP contribution in [-0.4, -0.2) is 54.8 Å². The molecule has 0 aromatic carbocycles. The van der Waals surface area contributed by atoms with Gasteiger partial charge in [-0.1, -0.05) is 29.8 Å². The average molecular weight is 268 g/mol. The first-order valence-corrected chi connectivity index (χ1v) is 6.17. The Balaban J connectivity index is 3.83. The van der Waals surface area contributed by atoms with Crippen molar-refractivity contribution in [2.24, 2.45) is 5.92 Å². The number of methoxy groups -OCH3 is 1. The summed E-state index contributed by atoms with van der Waals surface area (Å²) in [6.45, 7) is 7.70. The van der Waals surface area contributed by atoms with Crippen molar-refractivity contribution in [2.75, 3.05) is 38.7 Å². The average Bonchev–Trinajstić information content (AvgIpc) is 2.13. The predicted molar refractivity (Wildman–Crippen MR) is 63.0 cm³/mol. The Kier molecular flexibility index (Phi) is 8.87. The molecule has 0 heterocycles. The molecule has 0 bridgehead atoms. The van der Waals surface area contributed by atoms with Gasteiger partial charge in [-0.3, -0.25) is 4.90 Å². The Morgan fingerprint density at radius 3 is 2.43 bits per heavy atom. The van der Waals surface area contributed by atoms with Crippen LogP contribution >= 0.6 is 15.9 Å². The van der Waals surface area contributed by atoms with Crippen LogP contribution in [0, 0.1) is 5.92 Å². The summed E-state index contributed by atoms with van der Waals surface area (Å²) in [7, 11) is 1.70. The molecule has 0 rings (SSSR count). The molecule has 0 fully saturated rings. The lowest BCUT2D eigenvalue weighted by atomic mass is 10.2. The standard InChI is InChI=1S/C10H22BrNO2/c1-9(2)7-12(4-5-14-3)8-10(13)6-11/h9-10,13H,4-8H2,1-3H3. The number of alkyl halides is 1. The van der Waals surface area contributed by atoms with Crippen molar-refractivity contribution >= 4 is 15.9 Å². The maximum absolute atomic E-state index is 9.51. The van der Waals surface area contributed by atoms with Gasteiger partial charge in [0.25, 0.3) is 0 Å². The smallest absolute Gasteiger partial charge is 0.0763 e. The van der Waals surface area contributed by atoms with Crippen LogP contribution in [0.15, 0.2) is 0 Å². The normalized spacial score (nSPS) is 13.9. The predicted octanol–water partition coefficient (Wildman–Crippen LogP) is 1.35. The molecule has 14 heavy (non-hydrogen) atoms. The molecule has 0 saturated carbocycles. The first-order chi connectivity index (χ1) is 6.60. The van der Waals surface area contributed by atoms with E-state index >= 15 is 0 Å². The van der Waals surface area contributed by atoms with Crippen LogP contribution in [-0.2, 0) is 4.74 Å². The molecular formula is C10H22BrNO2. The van der Waals surface area contributed by atoms with Gasteiger partial charge in [-0.25, -0.2) is 0 Å². The van der Waals surface area contributed by atoms with E-state index in [4.69, 9.17) is 4.74 Å². The Morgan fingerprint density at radius 2 is 2.00 bits per heavy atom. The summed E-state index contributed by atoms with van der Waals surface area (Å²) in [6.07, 6.45) is -0.286. The van der Waals surface area contributed by atoms with Crippen molar-refractivity contribution in [3.8, 4) is 0 Å². The van der Waals surface area contributed by atoms with Gasteiger partial charge in [0.15, 0.2) is 0 Å². The third-order valence-electron chi connectivity index (χ3n) is 1.88. The van der Waals surface area contributed by atoms with E-state index in [1.807, 2.05) is 0 Å². The van der Waals surface area contributed by atoms with Gasteiger partial charge in [0.1, 0.15) is 0 Å². The van der Waals surface area contributed by atoms with Crippen molar-refractivity contribution in [1.82, 2.24) is 4.90 Å². The minimum absolute atomic E-state index is 0.286. The molecule has 0 aliphatic carbocycles. The van der Waals surface area contributed by atoms with Crippen LogP contribution in [0.3, 0.4) is 0 Å². The summed E-state index contributed by atoms with van der Waals surface area (Å²) < 4.78 is 5.03. The second kappa shape index (κ2) is 8.65. The van der Waals surface area contributed by atoms with Crippen LogP contribution in [0.25, 0.3) is 0 Å². The summed E-state index contributed by atoms with van der Waals surface area (Å²) in [6, 6.07) is 0. The monoisotopic (exact) mass is 267 g/mol. The van der Waals surface area contributed by atoms with Crippen LogP contribution in [0.2, 0.25) is 0 Å². The highest BCUT2D eigenvalue weighted by Gasteiger charge is 2.11. The largest absolute Gasteiger partial charge is 0.391 e. The number of nitrogens with zero attached hydrogens (tertiary/aromatic N) is 1. The van der Waals surface area contributed by atoms with Crippen LogP contribution in [0.5, 0.6) is 0 Å². The zero-order valence-electron chi connectivity index (χ0n) is 9.37. The molecule has 0 aromatic rings. The molecule has 0 amide bonds. The fourth-order valence-corrected chi connectivity index (χ4v) is 1.55. The van der Waals surface area contributed by atoms with Gasteiger partial charge >= 0.3 is 0 Å². The highest BCUT2D eigenvalue weighted by molar-refractivity contribution is 9.09. The number of hydrogen-bond donors (Lipinski definition) is 1. The second-order valence-electron chi connectivity index (χ2n) is 3.95. The van der Waals surface area contributed by atoms with Gasteiger partial charge in [-0.15, -0.1) is 0 Å². The van der Waals surface area contributed by atoms with Gasteiger partial charge in [0.05, 0.1) is 12.7 Å².